The van der Waals surface area contributed by atoms with Crippen LogP contribution in [-0.4, -0.2) is 38.6 Å². The molecule has 0 saturated carbocycles. The van der Waals surface area contributed by atoms with Crippen LogP contribution < -0.4 is 4.90 Å². The molecule has 0 radical (unpaired) electrons. The summed E-state index contributed by atoms with van der Waals surface area (Å²) < 4.78 is 5.29. The fraction of sp³-hybridized carbons (Fsp3) is 0.500. The predicted octanol–water partition coefficient (Wildman–Crippen LogP) is 0.401. The quantitative estimate of drug-likeness (QED) is 0.768. The zero-order valence-corrected chi connectivity index (χ0v) is 10.6. The average molecular weight is 234 g/mol. The maximum absolute atomic E-state index is 12.2. The monoisotopic (exact) mass is 234 g/mol. The van der Waals surface area contributed by atoms with Gasteiger partial charge in [-0.3, -0.25) is 4.79 Å². The first kappa shape index (κ1) is 12.3. The number of hydrogen-bond acceptors (Lipinski definition) is 2. The van der Waals surface area contributed by atoms with Crippen molar-refractivity contribution in [1.29, 1.82) is 0 Å². The summed E-state index contributed by atoms with van der Waals surface area (Å²) in [7, 11) is 0. The molecule has 17 heavy (non-hydrogen) atoms. The van der Waals surface area contributed by atoms with Gasteiger partial charge in [0.15, 0.2) is 0 Å². The van der Waals surface area contributed by atoms with E-state index in [1.807, 2.05) is 19.1 Å². The minimum atomic E-state index is 0.249. The lowest BCUT2D eigenvalue weighted by Gasteiger charge is -2.23. The zero-order valence-electron chi connectivity index (χ0n) is 10.6. The van der Waals surface area contributed by atoms with Gasteiger partial charge in [-0.25, -0.2) is 0 Å². The highest BCUT2D eigenvalue weighted by Gasteiger charge is 2.19. The summed E-state index contributed by atoms with van der Waals surface area (Å²) in [5, 5.41) is 0. The van der Waals surface area contributed by atoms with E-state index >= 15 is 0 Å². The summed E-state index contributed by atoms with van der Waals surface area (Å²) in [6.07, 6.45) is 0. The Hall–Kier alpha value is -1.19. The Morgan fingerprint density at radius 3 is 2.65 bits per heavy atom. The van der Waals surface area contributed by atoms with Crippen LogP contribution in [0.3, 0.4) is 0 Å². The molecule has 2 rings (SSSR count). The fourth-order valence-electron chi connectivity index (χ4n) is 2.29. The van der Waals surface area contributed by atoms with Gasteiger partial charge in [0.2, 0.25) is 5.78 Å². The molecule has 0 unspecified atom stereocenters. The lowest BCUT2D eigenvalue weighted by molar-refractivity contribution is -0.899. The number of rotatable bonds is 3. The largest absolute Gasteiger partial charge is 0.370 e. The van der Waals surface area contributed by atoms with Crippen molar-refractivity contribution in [3.05, 3.63) is 34.9 Å². The van der Waals surface area contributed by atoms with E-state index in [1.165, 1.54) is 10.5 Å². The summed E-state index contributed by atoms with van der Waals surface area (Å²) >= 11 is 0. The second-order valence-corrected chi connectivity index (χ2v) is 4.78. The van der Waals surface area contributed by atoms with Crippen molar-refractivity contribution in [2.24, 2.45) is 0 Å². The van der Waals surface area contributed by atoms with Gasteiger partial charge in [-0.2, -0.15) is 0 Å². The number of nitrogens with one attached hydrogen (secondary N) is 1. The van der Waals surface area contributed by atoms with E-state index in [4.69, 9.17) is 4.74 Å². The van der Waals surface area contributed by atoms with Crippen molar-refractivity contribution in [2.45, 2.75) is 13.8 Å². The maximum atomic E-state index is 12.2. The molecule has 92 valence electrons. The number of aryl methyl sites for hydroxylation is 2. The normalized spacial score (nSPS) is 17.1. The first-order valence-corrected chi connectivity index (χ1v) is 6.18. The van der Waals surface area contributed by atoms with Gasteiger partial charge < -0.3 is 9.64 Å². The van der Waals surface area contributed by atoms with Crippen LogP contribution in [0.5, 0.6) is 0 Å². The summed E-state index contributed by atoms with van der Waals surface area (Å²) in [4.78, 5) is 13.5. The first-order valence-electron chi connectivity index (χ1n) is 6.18. The van der Waals surface area contributed by atoms with E-state index in [9.17, 15) is 4.79 Å². The summed E-state index contributed by atoms with van der Waals surface area (Å²) in [6.45, 7) is 8.08. The van der Waals surface area contributed by atoms with Crippen LogP contribution in [0.15, 0.2) is 18.2 Å². The summed E-state index contributed by atoms with van der Waals surface area (Å²) in [5.74, 6) is 0.249. The molecule has 1 aliphatic heterocycles. The minimum Gasteiger partial charge on any atom is -0.370 e. The third-order valence-electron chi connectivity index (χ3n) is 3.29. The molecule has 1 N–H and O–H groups in total. The average Bonchev–Trinajstić information content (AvgIpc) is 2.30. The standard InChI is InChI=1S/C14H19NO2/c1-11-3-4-13(12(2)9-11)14(16)10-15-5-7-17-8-6-15/h3-4,9H,5-8,10H2,1-2H3/p+1. The Morgan fingerprint density at radius 2 is 2.00 bits per heavy atom. The molecule has 0 atom stereocenters. The van der Waals surface area contributed by atoms with Crippen molar-refractivity contribution in [1.82, 2.24) is 0 Å². The molecule has 1 aliphatic rings. The van der Waals surface area contributed by atoms with E-state index in [0.717, 1.165) is 37.4 Å². The number of carbonyl (C=O) groups is 1. The van der Waals surface area contributed by atoms with Crippen molar-refractivity contribution in [3.63, 3.8) is 0 Å². The van der Waals surface area contributed by atoms with E-state index in [0.29, 0.717) is 6.54 Å². The molecule has 0 aromatic heterocycles. The predicted molar refractivity (Wildman–Crippen MR) is 66.6 cm³/mol. The molecule has 0 bridgehead atoms. The number of benzene rings is 1. The molecular weight excluding hydrogens is 214 g/mol. The SMILES string of the molecule is Cc1ccc(C(=O)C[NH+]2CCOCC2)c(C)c1. The van der Waals surface area contributed by atoms with Crippen LogP contribution >= 0.6 is 0 Å². The Kier molecular flexibility index (Phi) is 3.92. The second kappa shape index (κ2) is 5.43. The van der Waals surface area contributed by atoms with Gasteiger partial charge >= 0.3 is 0 Å². The fourth-order valence-corrected chi connectivity index (χ4v) is 2.29. The molecular formula is C14H20NO2+. The smallest absolute Gasteiger partial charge is 0.217 e. The molecule has 0 spiro atoms. The lowest BCUT2D eigenvalue weighted by atomic mass is 10.0. The number of morpholine rings is 1. The summed E-state index contributed by atoms with van der Waals surface area (Å²) in [5.41, 5.74) is 3.16. The molecule has 0 aliphatic carbocycles. The van der Waals surface area contributed by atoms with Gasteiger partial charge in [0.25, 0.3) is 0 Å². The van der Waals surface area contributed by atoms with Crippen LogP contribution in [0.4, 0.5) is 0 Å². The Labute approximate surface area is 102 Å². The third kappa shape index (κ3) is 3.14. The van der Waals surface area contributed by atoms with Crippen molar-refractivity contribution >= 4 is 5.78 Å². The Balaban J connectivity index is 2.03. The van der Waals surface area contributed by atoms with E-state index in [-0.39, 0.29) is 5.78 Å². The van der Waals surface area contributed by atoms with Gasteiger partial charge in [-0.1, -0.05) is 23.8 Å². The van der Waals surface area contributed by atoms with E-state index < -0.39 is 0 Å². The van der Waals surface area contributed by atoms with Crippen molar-refractivity contribution in [2.75, 3.05) is 32.8 Å². The Bertz CT molecular complexity index is 409. The van der Waals surface area contributed by atoms with Crippen LogP contribution in [-0.2, 0) is 4.74 Å². The minimum absolute atomic E-state index is 0.249. The highest BCUT2D eigenvalue weighted by atomic mass is 16.5. The van der Waals surface area contributed by atoms with Crippen LogP contribution in [0, 0.1) is 13.8 Å². The van der Waals surface area contributed by atoms with Crippen molar-refractivity contribution < 1.29 is 14.4 Å². The van der Waals surface area contributed by atoms with Gasteiger partial charge in [0, 0.05) is 5.56 Å². The molecule has 3 heteroatoms. The van der Waals surface area contributed by atoms with E-state index in [1.54, 1.807) is 0 Å². The summed E-state index contributed by atoms with van der Waals surface area (Å²) in [6, 6.07) is 6.03. The van der Waals surface area contributed by atoms with Gasteiger partial charge in [0.1, 0.15) is 19.6 Å². The molecule has 1 aromatic carbocycles. The number of carbonyl (C=O) groups excluding carboxylic acids is 1. The molecule has 1 fully saturated rings. The number of ether oxygens (including phenoxy) is 1. The van der Waals surface area contributed by atoms with Gasteiger partial charge in [0.05, 0.1) is 13.2 Å². The number of hydrogen-bond donors (Lipinski definition) is 1. The van der Waals surface area contributed by atoms with E-state index in [2.05, 4.69) is 13.0 Å². The van der Waals surface area contributed by atoms with Crippen LogP contribution in [0.2, 0.25) is 0 Å². The van der Waals surface area contributed by atoms with Gasteiger partial charge in [-0.15, -0.1) is 0 Å². The number of ketones is 1. The highest BCUT2D eigenvalue weighted by molar-refractivity contribution is 5.98. The van der Waals surface area contributed by atoms with Gasteiger partial charge in [-0.05, 0) is 19.4 Å². The lowest BCUT2D eigenvalue weighted by Crippen LogP contribution is -3.14. The molecule has 1 saturated heterocycles. The third-order valence-corrected chi connectivity index (χ3v) is 3.29. The molecule has 0 amide bonds. The first-order chi connectivity index (χ1) is 8.16. The molecule has 1 heterocycles. The molecule has 1 aromatic rings. The molecule has 3 nitrogen and oxygen atoms in total. The van der Waals surface area contributed by atoms with Crippen LogP contribution in [0.25, 0.3) is 0 Å². The number of Topliss-reactive ketones (excluding diaryl/α,β-unsaturated/α-hetero) is 1. The topological polar surface area (TPSA) is 30.7 Å². The number of quaternary nitrogens is 1. The highest BCUT2D eigenvalue weighted by Crippen LogP contribution is 2.10. The maximum Gasteiger partial charge on any atom is 0.217 e. The second-order valence-electron chi connectivity index (χ2n) is 4.78. The van der Waals surface area contributed by atoms with Crippen molar-refractivity contribution in [3.8, 4) is 0 Å². The zero-order chi connectivity index (χ0) is 12.3. The Morgan fingerprint density at radius 1 is 1.29 bits per heavy atom. The van der Waals surface area contributed by atoms with Crippen LogP contribution in [0.1, 0.15) is 21.5 Å².